The summed E-state index contributed by atoms with van der Waals surface area (Å²) in [6.07, 6.45) is 1.70. The van der Waals surface area contributed by atoms with E-state index in [1.165, 1.54) is 6.26 Å². The van der Waals surface area contributed by atoms with E-state index >= 15 is 0 Å². The highest BCUT2D eigenvalue weighted by Gasteiger charge is 2.20. The van der Waals surface area contributed by atoms with Crippen molar-refractivity contribution in [1.82, 2.24) is 0 Å². The monoisotopic (exact) mass is 340 g/mol. The number of phenols is 2. The predicted octanol–water partition coefficient (Wildman–Crippen LogP) is 3.14. The smallest absolute Gasteiger partial charge is 0.231 e. The normalized spacial score (nSPS) is 12.7. The molecule has 0 bridgehead atoms. The molecular formula is C19H16O6. The molecule has 1 aliphatic heterocycles. The molecule has 0 amide bonds. The Kier molecular flexibility index (Phi) is 3.35. The number of hydrogen-bond donors (Lipinski definition) is 2. The lowest BCUT2D eigenvalue weighted by molar-refractivity contribution is 0.174. The molecule has 6 heteroatoms. The molecule has 0 radical (unpaired) electrons. The molecule has 6 nitrogen and oxygen atoms in total. The van der Waals surface area contributed by atoms with Crippen molar-refractivity contribution in [2.75, 3.05) is 6.79 Å². The Morgan fingerprint density at radius 1 is 1.04 bits per heavy atom. The van der Waals surface area contributed by atoms with Crippen LogP contribution in [0.5, 0.6) is 23.0 Å². The molecule has 25 heavy (non-hydrogen) atoms. The Labute approximate surface area is 142 Å². The third kappa shape index (κ3) is 2.29. The lowest BCUT2D eigenvalue weighted by atomic mass is 10.0. The van der Waals surface area contributed by atoms with Gasteiger partial charge >= 0.3 is 0 Å². The fourth-order valence-electron chi connectivity index (χ4n) is 3.08. The van der Waals surface area contributed by atoms with E-state index in [0.717, 1.165) is 5.56 Å². The van der Waals surface area contributed by atoms with Gasteiger partial charge in [0.25, 0.3) is 0 Å². The van der Waals surface area contributed by atoms with Gasteiger partial charge in [-0.25, -0.2) is 0 Å². The summed E-state index contributed by atoms with van der Waals surface area (Å²) in [6.45, 7) is 3.39. The molecule has 0 unspecified atom stereocenters. The lowest BCUT2D eigenvalue weighted by Gasteiger charge is -2.11. The van der Waals surface area contributed by atoms with E-state index in [-0.39, 0.29) is 40.3 Å². The van der Waals surface area contributed by atoms with Crippen LogP contribution < -0.4 is 14.9 Å². The summed E-state index contributed by atoms with van der Waals surface area (Å²) in [7, 11) is 0. The van der Waals surface area contributed by atoms with Gasteiger partial charge < -0.3 is 24.1 Å². The first-order chi connectivity index (χ1) is 12.0. The Morgan fingerprint density at radius 3 is 2.60 bits per heavy atom. The van der Waals surface area contributed by atoms with Gasteiger partial charge in [-0.1, -0.05) is 6.07 Å². The summed E-state index contributed by atoms with van der Waals surface area (Å²) in [4.78, 5) is 12.8. The zero-order valence-electron chi connectivity index (χ0n) is 13.8. The van der Waals surface area contributed by atoms with Crippen molar-refractivity contribution in [3.8, 4) is 23.0 Å². The SMILES string of the molecule is Cc1c(O)c(C)c2occ(Cc3ccc4c(c3)OCO4)c(=O)c2c1O. The van der Waals surface area contributed by atoms with E-state index in [9.17, 15) is 15.0 Å². The maximum Gasteiger partial charge on any atom is 0.231 e. The summed E-state index contributed by atoms with van der Waals surface area (Å²) in [5.74, 6) is 0.992. The Morgan fingerprint density at radius 2 is 1.80 bits per heavy atom. The second kappa shape index (κ2) is 5.44. The highest BCUT2D eigenvalue weighted by atomic mass is 16.7. The number of aryl methyl sites for hydroxylation is 1. The van der Waals surface area contributed by atoms with E-state index in [2.05, 4.69) is 0 Å². The van der Waals surface area contributed by atoms with Gasteiger partial charge in [0, 0.05) is 23.1 Å². The highest BCUT2D eigenvalue weighted by Crippen LogP contribution is 2.37. The molecule has 0 saturated heterocycles. The van der Waals surface area contributed by atoms with E-state index in [1.807, 2.05) is 12.1 Å². The zero-order valence-corrected chi connectivity index (χ0v) is 13.8. The molecule has 0 saturated carbocycles. The van der Waals surface area contributed by atoms with Crippen molar-refractivity contribution >= 4 is 11.0 Å². The summed E-state index contributed by atoms with van der Waals surface area (Å²) in [5.41, 5.74) is 1.84. The van der Waals surface area contributed by atoms with Gasteiger partial charge in [-0.05, 0) is 31.5 Å². The third-order valence-corrected chi connectivity index (χ3v) is 4.54. The number of ether oxygens (including phenoxy) is 2. The average Bonchev–Trinajstić information content (AvgIpc) is 3.07. The summed E-state index contributed by atoms with van der Waals surface area (Å²) in [6, 6.07) is 5.47. The molecule has 128 valence electrons. The van der Waals surface area contributed by atoms with Crippen molar-refractivity contribution in [3.63, 3.8) is 0 Å². The number of phenolic OH excluding ortho intramolecular Hbond substituents is 2. The molecule has 0 spiro atoms. The van der Waals surface area contributed by atoms with Crippen LogP contribution in [0, 0.1) is 13.8 Å². The minimum absolute atomic E-state index is 0.0725. The van der Waals surface area contributed by atoms with Gasteiger partial charge in [0.05, 0.1) is 6.26 Å². The summed E-state index contributed by atoms with van der Waals surface area (Å²) in [5, 5.41) is 20.4. The second-order valence-corrected chi connectivity index (χ2v) is 6.11. The van der Waals surface area contributed by atoms with Crippen molar-refractivity contribution in [2.45, 2.75) is 20.3 Å². The van der Waals surface area contributed by atoms with E-state index in [1.54, 1.807) is 19.9 Å². The molecule has 0 aliphatic carbocycles. The number of fused-ring (bicyclic) bond motifs is 2. The van der Waals surface area contributed by atoms with Crippen molar-refractivity contribution in [3.05, 3.63) is 56.9 Å². The molecule has 0 atom stereocenters. The van der Waals surface area contributed by atoms with Gasteiger partial charge in [-0.15, -0.1) is 0 Å². The number of benzene rings is 2. The maximum absolute atomic E-state index is 12.8. The Balaban J connectivity index is 1.84. The van der Waals surface area contributed by atoms with Crippen molar-refractivity contribution in [1.29, 1.82) is 0 Å². The van der Waals surface area contributed by atoms with Crippen LogP contribution in [0.3, 0.4) is 0 Å². The molecule has 1 aliphatic rings. The van der Waals surface area contributed by atoms with Crippen LogP contribution in [0.25, 0.3) is 11.0 Å². The van der Waals surface area contributed by atoms with Crippen LogP contribution in [0.15, 0.2) is 33.7 Å². The first kappa shape index (κ1) is 15.4. The molecule has 3 aromatic rings. The number of hydrogen-bond acceptors (Lipinski definition) is 6. The molecular weight excluding hydrogens is 324 g/mol. The maximum atomic E-state index is 12.8. The number of rotatable bonds is 2. The summed E-state index contributed by atoms with van der Waals surface area (Å²) < 4.78 is 16.2. The lowest BCUT2D eigenvalue weighted by Crippen LogP contribution is -2.10. The third-order valence-electron chi connectivity index (χ3n) is 4.54. The van der Waals surface area contributed by atoms with E-state index in [4.69, 9.17) is 13.9 Å². The second-order valence-electron chi connectivity index (χ2n) is 6.11. The van der Waals surface area contributed by atoms with Crippen molar-refractivity contribution in [2.24, 2.45) is 0 Å². The predicted molar refractivity (Wildman–Crippen MR) is 90.7 cm³/mol. The molecule has 1 aromatic heterocycles. The van der Waals surface area contributed by atoms with Crippen LogP contribution in [0.2, 0.25) is 0 Å². The van der Waals surface area contributed by atoms with Crippen LogP contribution in [-0.4, -0.2) is 17.0 Å². The highest BCUT2D eigenvalue weighted by molar-refractivity contribution is 5.90. The molecule has 2 aromatic carbocycles. The minimum Gasteiger partial charge on any atom is -0.507 e. The standard InChI is InChI=1S/C19H16O6/c1-9-16(20)10(2)19-15(17(9)21)18(22)12(7-23-19)5-11-3-4-13-14(6-11)25-8-24-13/h3-4,6-7,20-21H,5,8H2,1-2H3. The number of aromatic hydroxyl groups is 2. The van der Waals surface area contributed by atoms with E-state index in [0.29, 0.717) is 29.0 Å². The Bertz CT molecular complexity index is 1060. The molecule has 0 fully saturated rings. The quantitative estimate of drug-likeness (QED) is 0.745. The van der Waals surface area contributed by atoms with Crippen LogP contribution in [-0.2, 0) is 6.42 Å². The van der Waals surface area contributed by atoms with Gasteiger partial charge in [0.2, 0.25) is 6.79 Å². The largest absolute Gasteiger partial charge is 0.507 e. The fraction of sp³-hybridized carbons (Fsp3) is 0.211. The van der Waals surface area contributed by atoms with Gasteiger partial charge in [0.15, 0.2) is 16.9 Å². The topological polar surface area (TPSA) is 89.1 Å². The molecule has 2 heterocycles. The zero-order chi connectivity index (χ0) is 17.7. The first-order valence-electron chi connectivity index (χ1n) is 7.81. The van der Waals surface area contributed by atoms with Crippen LogP contribution >= 0.6 is 0 Å². The Hall–Kier alpha value is -3.15. The first-order valence-corrected chi connectivity index (χ1v) is 7.81. The van der Waals surface area contributed by atoms with Crippen molar-refractivity contribution < 1.29 is 24.1 Å². The average molecular weight is 340 g/mol. The van der Waals surface area contributed by atoms with Crippen LogP contribution in [0.1, 0.15) is 22.3 Å². The van der Waals surface area contributed by atoms with Crippen LogP contribution in [0.4, 0.5) is 0 Å². The van der Waals surface area contributed by atoms with Gasteiger partial charge in [-0.3, -0.25) is 4.79 Å². The fourth-order valence-corrected chi connectivity index (χ4v) is 3.08. The minimum atomic E-state index is -0.317. The van der Waals surface area contributed by atoms with Gasteiger partial charge in [-0.2, -0.15) is 0 Å². The van der Waals surface area contributed by atoms with Gasteiger partial charge in [0.1, 0.15) is 22.5 Å². The molecule has 4 rings (SSSR count). The van der Waals surface area contributed by atoms with E-state index < -0.39 is 0 Å². The molecule has 2 N–H and O–H groups in total. The summed E-state index contributed by atoms with van der Waals surface area (Å²) >= 11 is 0.